The first-order valence-electron chi connectivity index (χ1n) is 10.3. The van der Waals surface area contributed by atoms with Crippen molar-refractivity contribution in [2.45, 2.75) is 32.3 Å². The number of ether oxygens (including phenoxy) is 2. The molecule has 186 valence electrons. The molecule has 2 aromatic carbocycles. The Morgan fingerprint density at radius 1 is 1.11 bits per heavy atom. The smallest absolute Gasteiger partial charge is 0.446 e. The van der Waals surface area contributed by atoms with Gasteiger partial charge in [0.2, 0.25) is 11.4 Å². The number of allylic oxidation sites excluding steroid dienone is 2. The molecule has 10 nitrogen and oxygen atoms in total. The van der Waals surface area contributed by atoms with Crippen LogP contribution in [0, 0.1) is 0 Å². The molecule has 0 spiro atoms. The minimum absolute atomic E-state index is 0.0199. The van der Waals surface area contributed by atoms with Gasteiger partial charge in [-0.3, -0.25) is 4.55 Å². The van der Waals surface area contributed by atoms with E-state index in [4.69, 9.17) is 9.47 Å². The molecule has 0 bridgehead atoms. The molecule has 2 aromatic rings. The third kappa shape index (κ3) is 5.64. The van der Waals surface area contributed by atoms with Gasteiger partial charge >= 0.3 is 22.3 Å². The van der Waals surface area contributed by atoms with Gasteiger partial charge in [-0.1, -0.05) is 35.9 Å². The number of cyclic esters (lactones) is 1. The van der Waals surface area contributed by atoms with Crippen LogP contribution in [0.1, 0.15) is 30.5 Å². The molecule has 0 aromatic heterocycles. The van der Waals surface area contributed by atoms with Crippen molar-refractivity contribution < 1.29 is 46.4 Å². The fraction of sp³-hybridized carbons (Fsp3) is 0.250. The summed E-state index contributed by atoms with van der Waals surface area (Å²) in [6, 6.07) is 9.67. The van der Waals surface area contributed by atoms with Crippen LogP contribution in [-0.2, 0) is 46.5 Å². The molecular weight excluding hydrogens is 480 g/mol. The van der Waals surface area contributed by atoms with Gasteiger partial charge in [-0.05, 0) is 55.2 Å². The maximum absolute atomic E-state index is 13.1. The molecule has 0 saturated carbocycles. The summed E-state index contributed by atoms with van der Waals surface area (Å²) in [4.78, 5) is 25.8. The highest BCUT2D eigenvalue weighted by Crippen LogP contribution is 2.44. The number of methoxy groups -OCH3 is 1. The van der Waals surface area contributed by atoms with Crippen molar-refractivity contribution in [2.24, 2.45) is 0 Å². The lowest BCUT2D eigenvalue weighted by atomic mass is 9.83. The molecule has 0 radical (unpaired) electrons. The molecule has 35 heavy (non-hydrogen) atoms. The van der Waals surface area contributed by atoms with Crippen LogP contribution < -0.4 is 0 Å². The fourth-order valence-corrected chi connectivity index (χ4v) is 4.10. The second-order valence-electron chi connectivity index (χ2n) is 8.10. The van der Waals surface area contributed by atoms with Gasteiger partial charge in [0.05, 0.1) is 12.7 Å². The van der Waals surface area contributed by atoms with Crippen molar-refractivity contribution in [3.05, 3.63) is 76.6 Å². The monoisotopic (exact) mass is 504 g/mol. The molecular formula is C24H24O10S. The van der Waals surface area contributed by atoms with E-state index in [0.717, 1.165) is 12.7 Å². The van der Waals surface area contributed by atoms with Gasteiger partial charge in [-0.15, -0.1) is 0 Å². The highest BCUT2D eigenvalue weighted by atomic mass is 32.3. The Kier molecular flexibility index (Phi) is 7.22. The zero-order valence-electron chi connectivity index (χ0n) is 19.1. The van der Waals surface area contributed by atoms with Crippen molar-refractivity contribution in [1.82, 2.24) is 0 Å². The molecule has 11 heteroatoms. The first-order valence-corrected chi connectivity index (χ1v) is 11.7. The SMILES string of the molecule is COC(=O)[C@]1(Cc2ccc(O)c(CC=C(C)C)c2)OC(=O)C(OS(=O)(=O)O)=C1c1ccc(O)cc1. The third-order valence-corrected chi connectivity index (χ3v) is 5.65. The normalized spacial score (nSPS) is 17.7. The molecule has 0 saturated heterocycles. The molecule has 1 aliphatic heterocycles. The van der Waals surface area contributed by atoms with Gasteiger partial charge in [0.15, 0.2) is 0 Å². The molecule has 1 atom stereocenters. The summed E-state index contributed by atoms with van der Waals surface area (Å²) in [5.74, 6) is -3.40. The zero-order chi connectivity index (χ0) is 26.0. The van der Waals surface area contributed by atoms with Gasteiger partial charge in [0.1, 0.15) is 11.5 Å². The predicted molar refractivity (Wildman–Crippen MR) is 123 cm³/mol. The number of rotatable bonds is 8. The molecule has 0 unspecified atom stereocenters. The van der Waals surface area contributed by atoms with E-state index in [2.05, 4.69) is 4.18 Å². The standard InChI is InChI=1S/C24H24O10S/c1-14(2)4-6-17-12-15(5-11-19(17)26)13-24(23(28)32-3)20(16-7-9-18(25)10-8-16)21(22(27)33-24)34-35(29,30)31/h4-5,7-12,25-26H,6,13H2,1-3H3,(H,29,30,31)/t24-/m1/s1. The van der Waals surface area contributed by atoms with E-state index in [1.54, 1.807) is 6.07 Å². The van der Waals surface area contributed by atoms with Gasteiger partial charge < -0.3 is 23.9 Å². The lowest BCUT2D eigenvalue weighted by Crippen LogP contribution is -2.44. The summed E-state index contributed by atoms with van der Waals surface area (Å²) >= 11 is 0. The highest BCUT2D eigenvalue weighted by molar-refractivity contribution is 7.81. The van der Waals surface area contributed by atoms with Crippen LogP contribution in [0.3, 0.4) is 0 Å². The molecule has 1 heterocycles. The Morgan fingerprint density at radius 2 is 1.77 bits per heavy atom. The molecule has 0 amide bonds. The Bertz CT molecular complexity index is 1320. The molecule has 0 aliphatic carbocycles. The van der Waals surface area contributed by atoms with Crippen LogP contribution in [0.15, 0.2) is 59.9 Å². The first kappa shape index (κ1) is 25.8. The summed E-state index contributed by atoms with van der Waals surface area (Å²) < 4.78 is 47.1. The minimum atomic E-state index is -5.17. The van der Waals surface area contributed by atoms with E-state index in [-0.39, 0.29) is 29.1 Å². The van der Waals surface area contributed by atoms with E-state index in [0.29, 0.717) is 17.5 Å². The van der Waals surface area contributed by atoms with Crippen molar-refractivity contribution in [3.8, 4) is 11.5 Å². The summed E-state index contributed by atoms with van der Waals surface area (Å²) in [6.45, 7) is 3.80. The van der Waals surface area contributed by atoms with E-state index >= 15 is 0 Å². The number of hydrogen-bond donors (Lipinski definition) is 3. The number of aromatic hydroxyl groups is 2. The fourth-order valence-electron chi connectivity index (χ4n) is 3.73. The minimum Gasteiger partial charge on any atom is -0.508 e. The van der Waals surface area contributed by atoms with E-state index in [1.807, 2.05) is 19.9 Å². The lowest BCUT2D eigenvalue weighted by Gasteiger charge is -2.28. The molecule has 0 fully saturated rings. The highest BCUT2D eigenvalue weighted by Gasteiger charge is 2.57. The third-order valence-electron chi connectivity index (χ3n) is 5.27. The lowest BCUT2D eigenvalue weighted by molar-refractivity contribution is -0.169. The van der Waals surface area contributed by atoms with Crippen LogP contribution in [0.5, 0.6) is 11.5 Å². The summed E-state index contributed by atoms with van der Waals surface area (Å²) in [5, 5.41) is 19.9. The summed E-state index contributed by atoms with van der Waals surface area (Å²) in [7, 11) is -4.11. The van der Waals surface area contributed by atoms with Crippen LogP contribution in [-0.4, -0.2) is 47.8 Å². The van der Waals surface area contributed by atoms with Gasteiger partial charge in [-0.2, -0.15) is 8.42 Å². The molecule has 1 aliphatic rings. The molecule has 3 rings (SSSR count). The Hall–Kier alpha value is -3.83. The van der Waals surface area contributed by atoms with Crippen molar-refractivity contribution in [2.75, 3.05) is 7.11 Å². The average Bonchev–Trinajstić information content (AvgIpc) is 3.04. The number of phenols is 2. The van der Waals surface area contributed by atoms with Crippen molar-refractivity contribution >= 4 is 27.9 Å². The zero-order valence-corrected chi connectivity index (χ0v) is 20.0. The van der Waals surface area contributed by atoms with Gasteiger partial charge in [-0.25, -0.2) is 9.59 Å². The molecule has 3 N–H and O–H groups in total. The van der Waals surface area contributed by atoms with Crippen molar-refractivity contribution in [1.29, 1.82) is 0 Å². The first-order chi connectivity index (χ1) is 16.4. The number of hydrogen-bond acceptors (Lipinski definition) is 9. The summed E-state index contributed by atoms with van der Waals surface area (Å²) in [6.07, 6.45) is 1.97. The Morgan fingerprint density at radius 3 is 2.34 bits per heavy atom. The maximum Gasteiger partial charge on any atom is 0.446 e. The quantitative estimate of drug-likeness (QED) is 0.277. The van der Waals surface area contributed by atoms with Crippen LogP contribution >= 0.6 is 0 Å². The average molecular weight is 505 g/mol. The Balaban J connectivity index is 2.23. The predicted octanol–water partition coefficient (Wildman–Crippen LogP) is 2.85. The number of esters is 2. The number of phenolic OH excluding ortho intramolecular Hbond substituents is 2. The van der Waals surface area contributed by atoms with Crippen LogP contribution in [0.2, 0.25) is 0 Å². The van der Waals surface area contributed by atoms with Gasteiger partial charge in [0.25, 0.3) is 0 Å². The number of benzene rings is 2. The van der Waals surface area contributed by atoms with Crippen LogP contribution in [0.4, 0.5) is 0 Å². The van der Waals surface area contributed by atoms with Crippen LogP contribution in [0.25, 0.3) is 5.57 Å². The maximum atomic E-state index is 13.1. The van der Waals surface area contributed by atoms with E-state index in [9.17, 15) is 32.8 Å². The van der Waals surface area contributed by atoms with Gasteiger partial charge in [0, 0.05) is 6.42 Å². The van der Waals surface area contributed by atoms with E-state index < -0.39 is 33.7 Å². The second-order valence-corrected chi connectivity index (χ2v) is 9.12. The number of carbonyl (C=O) groups is 2. The number of carbonyl (C=O) groups excluding carboxylic acids is 2. The Labute approximate surface area is 202 Å². The summed E-state index contributed by atoms with van der Waals surface area (Å²) in [5.41, 5.74) is -0.407. The topological polar surface area (TPSA) is 157 Å². The second kappa shape index (κ2) is 9.80. The van der Waals surface area contributed by atoms with E-state index in [1.165, 1.54) is 36.4 Å². The van der Waals surface area contributed by atoms with Crippen molar-refractivity contribution in [3.63, 3.8) is 0 Å². The largest absolute Gasteiger partial charge is 0.508 e.